The minimum atomic E-state index is -0.0620. The van der Waals surface area contributed by atoms with Crippen LogP contribution in [-0.4, -0.2) is 20.3 Å². The number of methoxy groups -OCH3 is 1. The summed E-state index contributed by atoms with van der Waals surface area (Å²) < 4.78 is 10.7. The summed E-state index contributed by atoms with van der Waals surface area (Å²) in [6.45, 7) is 5.72. The predicted molar refractivity (Wildman–Crippen MR) is 70.2 cm³/mol. The van der Waals surface area contributed by atoms with E-state index in [1.165, 1.54) is 0 Å². The van der Waals surface area contributed by atoms with Gasteiger partial charge in [-0.05, 0) is 30.0 Å². The summed E-state index contributed by atoms with van der Waals surface area (Å²) >= 11 is 0. The first-order valence-electron chi connectivity index (χ1n) is 6.10. The van der Waals surface area contributed by atoms with Crippen LogP contribution in [0.4, 0.5) is 0 Å². The Labute approximate surface area is 104 Å². The van der Waals surface area contributed by atoms with Gasteiger partial charge in [0.1, 0.15) is 5.75 Å². The van der Waals surface area contributed by atoms with Gasteiger partial charge in [0.05, 0.1) is 19.8 Å². The van der Waals surface area contributed by atoms with Crippen molar-refractivity contribution < 1.29 is 9.47 Å². The van der Waals surface area contributed by atoms with E-state index in [2.05, 4.69) is 13.8 Å². The average Bonchev–Trinajstić information content (AvgIpc) is 2.34. The normalized spacial score (nSPS) is 12.8. The molecule has 2 N–H and O–H groups in total. The zero-order chi connectivity index (χ0) is 12.7. The largest absolute Gasteiger partial charge is 0.497 e. The molecule has 0 spiro atoms. The molecule has 0 amide bonds. The Morgan fingerprint density at radius 3 is 2.35 bits per heavy atom. The molecule has 0 aliphatic heterocycles. The Morgan fingerprint density at radius 1 is 1.18 bits per heavy atom. The van der Waals surface area contributed by atoms with Crippen LogP contribution in [0.2, 0.25) is 0 Å². The highest BCUT2D eigenvalue weighted by atomic mass is 16.5. The Morgan fingerprint density at radius 2 is 1.82 bits per heavy atom. The third kappa shape index (κ3) is 5.20. The van der Waals surface area contributed by atoms with Gasteiger partial charge in [-0.2, -0.15) is 0 Å². The highest BCUT2D eigenvalue weighted by molar-refractivity contribution is 5.28. The maximum Gasteiger partial charge on any atom is 0.118 e. The van der Waals surface area contributed by atoms with Gasteiger partial charge in [-0.1, -0.05) is 26.0 Å². The van der Waals surface area contributed by atoms with E-state index >= 15 is 0 Å². The molecule has 0 aliphatic rings. The molecule has 0 heterocycles. The standard InChI is InChI=1S/C14H23NO2/c1-11(2)8-9-17-10-14(15)12-4-6-13(16-3)7-5-12/h4-7,11,14H,8-10,15H2,1-3H3. The Balaban J connectivity index is 2.33. The minimum absolute atomic E-state index is 0.0620. The van der Waals surface area contributed by atoms with Crippen LogP contribution in [0.5, 0.6) is 5.75 Å². The lowest BCUT2D eigenvalue weighted by Gasteiger charge is -2.13. The molecule has 0 fully saturated rings. The summed E-state index contributed by atoms with van der Waals surface area (Å²) in [6.07, 6.45) is 1.08. The van der Waals surface area contributed by atoms with E-state index in [0.717, 1.165) is 24.3 Å². The van der Waals surface area contributed by atoms with Crippen LogP contribution in [0.3, 0.4) is 0 Å². The quantitative estimate of drug-likeness (QED) is 0.742. The van der Waals surface area contributed by atoms with Crippen LogP contribution in [0.1, 0.15) is 31.9 Å². The second-order valence-electron chi connectivity index (χ2n) is 4.64. The molecule has 1 aromatic carbocycles. The van der Waals surface area contributed by atoms with Gasteiger partial charge in [-0.25, -0.2) is 0 Å². The molecular formula is C14H23NO2. The van der Waals surface area contributed by atoms with Gasteiger partial charge in [0.25, 0.3) is 0 Å². The zero-order valence-electron chi connectivity index (χ0n) is 11.0. The molecule has 3 nitrogen and oxygen atoms in total. The topological polar surface area (TPSA) is 44.5 Å². The molecule has 1 atom stereocenters. The first-order chi connectivity index (χ1) is 8.13. The van der Waals surface area contributed by atoms with E-state index in [9.17, 15) is 0 Å². The van der Waals surface area contributed by atoms with Gasteiger partial charge in [0.2, 0.25) is 0 Å². The van der Waals surface area contributed by atoms with E-state index < -0.39 is 0 Å². The van der Waals surface area contributed by atoms with Crippen molar-refractivity contribution in [3.8, 4) is 5.75 Å². The molecule has 1 rings (SSSR count). The molecule has 3 heteroatoms. The number of hydrogen-bond acceptors (Lipinski definition) is 3. The van der Waals surface area contributed by atoms with E-state index in [-0.39, 0.29) is 6.04 Å². The predicted octanol–water partition coefficient (Wildman–Crippen LogP) is 2.76. The summed E-state index contributed by atoms with van der Waals surface area (Å²) in [5.74, 6) is 1.52. The minimum Gasteiger partial charge on any atom is -0.497 e. The summed E-state index contributed by atoms with van der Waals surface area (Å²) in [7, 11) is 1.66. The van der Waals surface area contributed by atoms with E-state index in [1.54, 1.807) is 7.11 Å². The van der Waals surface area contributed by atoms with Crippen LogP contribution in [-0.2, 0) is 4.74 Å². The fraction of sp³-hybridized carbons (Fsp3) is 0.571. The molecule has 0 saturated heterocycles. The van der Waals surface area contributed by atoms with Crippen molar-refractivity contribution in [2.24, 2.45) is 11.7 Å². The highest BCUT2D eigenvalue weighted by Crippen LogP contribution is 2.16. The molecule has 0 bridgehead atoms. The van der Waals surface area contributed by atoms with Crippen molar-refractivity contribution in [1.29, 1.82) is 0 Å². The number of benzene rings is 1. The lowest BCUT2D eigenvalue weighted by Crippen LogP contribution is -2.17. The van der Waals surface area contributed by atoms with Gasteiger partial charge >= 0.3 is 0 Å². The lowest BCUT2D eigenvalue weighted by molar-refractivity contribution is 0.111. The molecule has 0 saturated carbocycles. The Hall–Kier alpha value is -1.06. The summed E-state index contributed by atoms with van der Waals surface area (Å²) in [4.78, 5) is 0. The first-order valence-corrected chi connectivity index (χ1v) is 6.10. The van der Waals surface area contributed by atoms with Crippen LogP contribution >= 0.6 is 0 Å². The fourth-order valence-corrected chi connectivity index (χ4v) is 1.48. The zero-order valence-corrected chi connectivity index (χ0v) is 11.0. The third-order valence-corrected chi connectivity index (χ3v) is 2.68. The van der Waals surface area contributed by atoms with Crippen LogP contribution in [0.15, 0.2) is 24.3 Å². The van der Waals surface area contributed by atoms with Gasteiger partial charge < -0.3 is 15.2 Å². The van der Waals surface area contributed by atoms with Gasteiger partial charge in [0, 0.05) is 6.61 Å². The maximum absolute atomic E-state index is 6.04. The third-order valence-electron chi connectivity index (χ3n) is 2.68. The summed E-state index contributed by atoms with van der Waals surface area (Å²) in [5, 5.41) is 0. The average molecular weight is 237 g/mol. The van der Waals surface area contributed by atoms with Gasteiger partial charge in [-0.3, -0.25) is 0 Å². The Kier molecular flexibility index (Phi) is 6.01. The number of ether oxygens (including phenoxy) is 2. The second kappa shape index (κ2) is 7.30. The van der Waals surface area contributed by atoms with Crippen molar-refractivity contribution in [3.63, 3.8) is 0 Å². The second-order valence-corrected chi connectivity index (χ2v) is 4.64. The van der Waals surface area contributed by atoms with Crippen LogP contribution in [0, 0.1) is 5.92 Å². The summed E-state index contributed by atoms with van der Waals surface area (Å²) in [6, 6.07) is 7.74. The van der Waals surface area contributed by atoms with E-state index in [4.69, 9.17) is 15.2 Å². The van der Waals surface area contributed by atoms with Crippen molar-refractivity contribution in [1.82, 2.24) is 0 Å². The monoisotopic (exact) mass is 237 g/mol. The molecule has 0 radical (unpaired) electrons. The molecule has 96 valence electrons. The molecule has 1 aromatic rings. The van der Waals surface area contributed by atoms with Gasteiger partial charge in [0.15, 0.2) is 0 Å². The van der Waals surface area contributed by atoms with Crippen molar-refractivity contribution in [2.75, 3.05) is 20.3 Å². The van der Waals surface area contributed by atoms with E-state index in [0.29, 0.717) is 12.5 Å². The van der Waals surface area contributed by atoms with Crippen molar-refractivity contribution >= 4 is 0 Å². The smallest absolute Gasteiger partial charge is 0.118 e. The SMILES string of the molecule is COc1ccc(C(N)COCCC(C)C)cc1. The highest BCUT2D eigenvalue weighted by Gasteiger charge is 2.06. The lowest BCUT2D eigenvalue weighted by atomic mass is 10.1. The molecule has 1 unspecified atom stereocenters. The Bertz CT molecular complexity index is 309. The summed E-state index contributed by atoms with van der Waals surface area (Å²) in [5.41, 5.74) is 7.12. The maximum atomic E-state index is 6.04. The first kappa shape index (κ1) is 14.0. The number of rotatable bonds is 7. The molecule has 17 heavy (non-hydrogen) atoms. The van der Waals surface area contributed by atoms with Gasteiger partial charge in [-0.15, -0.1) is 0 Å². The van der Waals surface area contributed by atoms with Crippen molar-refractivity contribution in [2.45, 2.75) is 26.3 Å². The molecule has 0 aromatic heterocycles. The fourth-order valence-electron chi connectivity index (χ4n) is 1.48. The molecular weight excluding hydrogens is 214 g/mol. The van der Waals surface area contributed by atoms with Crippen molar-refractivity contribution in [3.05, 3.63) is 29.8 Å². The molecule has 0 aliphatic carbocycles. The van der Waals surface area contributed by atoms with Crippen LogP contribution in [0.25, 0.3) is 0 Å². The van der Waals surface area contributed by atoms with Crippen LogP contribution < -0.4 is 10.5 Å². The number of hydrogen-bond donors (Lipinski definition) is 1. The number of nitrogens with two attached hydrogens (primary N) is 1. The van der Waals surface area contributed by atoms with E-state index in [1.807, 2.05) is 24.3 Å².